The van der Waals surface area contributed by atoms with Crippen molar-refractivity contribution in [1.29, 1.82) is 0 Å². The maximum Gasteiger partial charge on any atom is 0.241 e. The molecule has 0 aliphatic heterocycles. The zero-order chi connectivity index (χ0) is 15.7. The van der Waals surface area contributed by atoms with Crippen LogP contribution in [0.4, 0.5) is 0 Å². The maximum atomic E-state index is 12.5. The third-order valence-corrected chi connectivity index (χ3v) is 3.99. The molecule has 2 atom stereocenters. The summed E-state index contributed by atoms with van der Waals surface area (Å²) in [6.45, 7) is 5.20. The van der Waals surface area contributed by atoms with Crippen LogP contribution < -0.4 is 5.32 Å². The zero-order valence-electron chi connectivity index (χ0n) is 13.9. The van der Waals surface area contributed by atoms with Gasteiger partial charge in [-0.3, -0.25) is 9.69 Å². The molecule has 1 N–H and O–H groups in total. The molecule has 0 radical (unpaired) electrons. The molecule has 1 rings (SSSR count). The predicted octanol–water partition coefficient (Wildman–Crippen LogP) is 3.62. The van der Waals surface area contributed by atoms with E-state index in [0.717, 1.165) is 18.5 Å². The van der Waals surface area contributed by atoms with E-state index in [4.69, 9.17) is 0 Å². The predicted molar refractivity (Wildman–Crippen MR) is 89.2 cm³/mol. The highest BCUT2D eigenvalue weighted by Gasteiger charge is 2.22. The van der Waals surface area contributed by atoms with Gasteiger partial charge in [0.05, 0.1) is 0 Å². The fourth-order valence-electron chi connectivity index (χ4n) is 2.60. The fourth-order valence-corrected chi connectivity index (χ4v) is 2.60. The van der Waals surface area contributed by atoms with Crippen molar-refractivity contribution in [3.8, 4) is 0 Å². The Balaban J connectivity index is 2.62. The van der Waals surface area contributed by atoms with E-state index in [9.17, 15) is 4.79 Å². The van der Waals surface area contributed by atoms with Crippen molar-refractivity contribution < 1.29 is 4.79 Å². The first-order valence-corrected chi connectivity index (χ1v) is 8.09. The van der Waals surface area contributed by atoms with E-state index in [2.05, 4.69) is 19.2 Å². The molecular formula is C18H30N2O. The normalized spacial score (nSPS) is 14.0. The molecule has 0 aliphatic carbocycles. The summed E-state index contributed by atoms with van der Waals surface area (Å²) in [4.78, 5) is 14.5. The Morgan fingerprint density at radius 1 is 1.19 bits per heavy atom. The molecule has 3 heteroatoms. The molecule has 0 saturated carbocycles. The molecule has 0 saturated heterocycles. The summed E-state index contributed by atoms with van der Waals surface area (Å²) >= 11 is 0. The Hall–Kier alpha value is -1.35. The second-order valence-electron chi connectivity index (χ2n) is 5.94. The van der Waals surface area contributed by atoms with Crippen LogP contribution in [0.1, 0.15) is 51.1 Å². The number of carbonyl (C=O) groups excluding carboxylic acids is 1. The Labute approximate surface area is 129 Å². The van der Waals surface area contributed by atoms with Gasteiger partial charge in [0.25, 0.3) is 0 Å². The van der Waals surface area contributed by atoms with E-state index in [1.807, 2.05) is 49.3 Å². The van der Waals surface area contributed by atoms with Crippen molar-refractivity contribution in [3.63, 3.8) is 0 Å². The zero-order valence-corrected chi connectivity index (χ0v) is 13.9. The number of benzene rings is 1. The summed E-state index contributed by atoms with van der Waals surface area (Å²) in [5, 5.41) is 3.14. The van der Waals surface area contributed by atoms with E-state index in [0.29, 0.717) is 5.92 Å². The summed E-state index contributed by atoms with van der Waals surface area (Å²) in [5.41, 5.74) is 1.04. The highest BCUT2D eigenvalue weighted by Crippen LogP contribution is 2.18. The van der Waals surface area contributed by atoms with Crippen LogP contribution in [0.25, 0.3) is 0 Å². The van der Waals surface area contributed by atoms with Gasteiger partial charge in [-0.2, -0.15) is 0 Å². The molecule has 1 aromatic rings. The number of hydrogen-bond donors (Lipinski definition) is 1. The minimum Gasteiger partial charge on any atom is -0.354 e. The molecule has 0 aromatic heterocycles. The lowest BCUT2D eigenvalue weighted by Crippen LogP contribution is -2.39. The van der Waals surface area contributed by atoms with Gasteiger partial charge in [0.15, 0.2) is 0 Å². The average Bonchev–Trinajstić information content (AvgIpc) is 2.48. The Morgan fingerprint density at radius 2 is 1.86 bits per heavy atom. The second-order valence-corrected chi connectivity index (χ2v) is 5.94. The third-order valence-electron chi connectivity index (χ3n) is 3.99. The lowest BCUT2D eigenvalue weighted by Gasteiger charge is -2.25. The molecule has 21 heavy (non-hydrogen) atoms. The quantitative estimate of drug-likeness (QED) is 0.753. The van der Waals surface area contributed by atoms with Gasteiger partial charge in [-0.15, -0.1) is 0 Å². The van der Waals surface area contributed by atoms with Gasteiger partial charge in [-0.25, -0.2) is 0 Å². The minimum absolute atomic E-state index is 0.0983. The summed E-state index contributed by atoms with van der Waals surface area (Å²) in [7, 11) is 3.90. The van der Waals surface area contributed by atoms with Gasteiger partial charge >= 0.3 is 0 Å². The van der Waals surface area contributed by atoms with Crippen LogP contribution in [0.3, 0.4) is 0 Å². The summed E-state index contributed by atoms with van der Waals surface area (Å²) < 4.78 is 0. The number of rotatable bonds is 9. The van der Waals surface area contributed by atoms with Crippen LogP contribution in [0.15, 0.2) is 30.3 Å². The largest absolute Gasteiger partial charge is 0.354 e. The average molecular weight is 290 g/mol. The SMILES string of the molecule is CCCC[C@@H](CC)CNC(=O)[C@@H](c1ccccc1)N(C)C. The van der Waals surface area contributed by atoms with Gasteiger partial charge < -0.3 is 5.32 Å². The molecule has 0 heterocycles. The first-order chi connectivity index (χ1) is 10.1. The van der Waals surface area contributed by atoms with E-state index in [1.165, 1.54) is 19.3 Å². The van der Waals surface area contributed by atoms with E-state index in [-0.39, 0.29) is 11.9 Å². The fraction of sp³-hybridized carbons (Fsp3) is 0.611. The van der Waals surface area contributed by atoms with E-state index in [1.54, 1.807) is 0 Å². The second kappa shape index (κ2) is 9.56. The van der Waals surface area contributed by atoms with E-state index < -0.39 is 0 Å². The number of unbranched alkanes of at least 4 members (excludes halogenated alkanes) is 1. The van der Waals surface area contributed by atoms with Gasteiger partial charge in [0.2, 0.25) is 5.91 Å². The van der Waals surface area contributed by atoms with Crippen LogP contribution >= 0.6 is 0 Å². The first kappa shape index (κ1) is 17.7. The molecule has 1 aromatic carbocycles. The van der Waals surface area contributed by atoms with Gasteiger partial charge in [-0.1, -0.05) is 63.4 Å². The Bertz CT molecular complexity index is 403. The van der Waals surface area contributed by atoms with Gasteiger partial charge in [0, 0.05) is 6.54 Å². The number of likely N-dealkylation sites (N-methyl/N-ethyl adjacent to an activating group) is 1. The summed E-state index contributed by atoms with van der Waals surface area (Å²) in [5.74, 6) is 0.689. The van der Waals surface area contributed by atoms with Gasteiger partial charge in [-0.05, 0) is 32.0 Å². The topological polar surface area (TPSA) is 32.3 Å². The van der Waals surface area contributed by atoms with E-state index >= 15 is 0 Å². The molecule has 118 valence electrons. The Morgan fingerprint density at radius 3 is 2.38 bits per heavy atom. The summed E-state index contributed by atoms with van der Waals surface area (Å²) in [6.07, 6.45) is 4.78. The number of nitrogens with one attached hydrogen (secondary N) is 1. The van der Waals surface area contributed by atoms with Crippen molar-refractivity contribution in [3.05, 3.63) is 35.9 Å². The standard InChI is InChI=1S/C18H30N2O/c1-5-7-11-15(6-2)14-19-18(21)17(20(3)4)16-12-9-8-10-13-16/h8-10,12-13,15,17H,5-7,11,14H2,1-4H3,(H,19,21)/t15-,17-/m1/s1. The highest BCUT2D eigenvalue weighted by atomic mass is 16.2. The molecule has 1 amide bonds. The lowest BCUT2D eigenvalue weighted by molar-refractivity contribution is -0.126. The number of amides is 1. The van der Waals surface area contributed by atoms with Crippen LogP contribution in [-0.4, -0.2) is 31.4 Å². The monoisotopic (exact) mass is 290 g/mol. The van der Waals surface area contributed by atoms with Crippen molar-refractivity contribution in [2.75, 3.05) is 20.6 Å². The summed E-state index contributed by atoms with van der Waals surface area (Å²) in [6, 6.07) is 9.75. The number of carbonyl (C=O) groups is 1. The molecule has 0 fully saturated rings. The number of hydrogen-bond acceptors (Lipinski definition) is 2. The molecule has 0 aliphatic rings. The molecule has 0 bridgehead atoms. The van der Waals surface area contributed by atoms with Gasteiger partial charge in [0.1, 0.15) is 6.04 Å². The molecular weight excluding hydrogens is 260 g/mol. The minimum atomic E-state index is -0.213. The van der Waals surface area contributed by atoms with Crippen molar-refractivity contribution in [1.82, 2.24) is 10.2 Å². The van der Waals surface area contributed by atoms with Crippen LogP contribution in [-0.2, 0) is 4.79 Å². The molecule has 0 unspecified atom stereocenters. The molecule has 3 nitrogen and oxygen atoms in total. The van der Waals surface area contributed by atoms with Crippen molar-refractivity contribution >= 4 is 5.91 Å². The smallest absolute Gasteiger partial charge is 0.241 e. The lowest BCUT2D eigenvalue weighted by atomic mass is 9.99. The highest BCUT2D eigenvalue weighted by molar-refractivity contribution is 5.83. The van der Waals surface area contributed by atoms with Crippen LogP contribution in [0.2, 0.25) is 0 Å². The van der Waals surface area contributed by atoms with Crippen molar-refractivity contribution in [2.45, 2.75) is 45.6 Å². The van der Waals surface area contributed by atoms with Crippen LogP contribution in [0, 0.1) is 5.92 Å². The van der Waals surface area contributed by atoms with Crippen LogP contribution in [0.5, 0.6) is 0 Å². The third kappa shape index (κ3) is 5.88. The molecule has 0 spiro atoms. The first-order valence-electron chi connectivity index (χ1n) is 8.09. The Kier molecular flexibility index (Phi) is 8.06. The number of nitrogens with zero attached hydrogens (tertiary/aromatic N) is 1. The maximum absolute atomic E-state index is 12.5. The van der Waals surface area contributed by atoms with Crippen molar-refractivity contribution in [2.24, 2.45) is 5.92 Å².